The molecule has 0 unspecified atom stereocenters. The molecular formula is C12H13NO3. The Kier molecular flexibility index (Phi) is 2.81. The molecule has 2 aromatic rings. The molecule has 16 heavy (non-hydrogen) atoms. The summed E-state index contributed by atoms with van der Waals surface area (Å²) in [5, 5.41) is 0. The molecule has 1 aromatic heterocycles. The maximum Gasteiger partial charge on any atom is 0.181 e. The van der Waals surface area contributed by atoms with E-state index in [0.29, 0.717) is 5.76 Å². The molecule has 0 saturated heterocycles. The van der Waals surface area contributed by atoms with Gasteiger partial charge in [-0.25, -0.2) is 4.98 Å². The van der Waals surface area contributed by atoms with Gasteiger partial charge in [0, 0.05) is 0 Å². The minimum Gasteiger partial charge on any atom is -0.496 e. The topological polar surface area (TPSA) is 44.5 Å². The van der Waals surface area contributed by atoms with Crippen molar-refractivity contribution in [1.29, 1.82) is 0 Å². The van der Waals surface area contributed by atoms with Crippen LogP contribution in [-0.4, -0.2) is 19.2 Å². The molecule has 0 N–H and O–H groups in total. The Morgan fingerprint density at radius 3 is 2.44 bits per heavy atom. The van der Waals surface area contributed by atoms with Gasteiger partial charge in [-0.1, -0.05) is 0 Å². The van der Waals surface area contributed by atoms with E-state index >= 15 is 0 Å². The highest BCUT2D eigenvalue weighted by Crippen LogP contribution is 2.35. The molecule has 2 rings (SSSR count). The van der Waals surface area contributed by atoms with Crippen molar-refractivity contribution in [3.05, 3.63) is 30.3 Å². The summed E-state index contributed by atoms with van der Waals surface area (Å²) >= 11 is 0. The average molecular weight is 219 g/mol. The van der Waals surface area contributed by atoms with Crippen molar-refractivity contribution in [2.75, 3.05) is 14.2 Å². The highest BCUT2D eigenvalue weighted by atomic mass is 16.5. The van der Waals surface area contributed by atoms with Gasteiger partial charge in [-0.15, -0.1) is 0 Å². The quantitative estimate of drug-likeness (QED) is 0.796. The van der Waals surface area contributed by atoms with Gasteiger partial charge in [0.1, 0.15) is 11.5 Å². The van der Waals surface area contributed by atoms with E-state index in [-0.39, 0.29) is 0 Å². The van der Waals surface area contributed by atoms with Crippen molar-refractivity contribution in [2.45, 2.75) is 6.92 Å². The number of benzene rings is 1. The first-order chi connectivity index (χ1) is 7.76. The van der Waals surface area contributed by atoms with Gasteiger partial charge >= 0.3 is 0 Å². The lowest BCUT2D eigenvalue weighted by Gasteiger charge is -2.10. The SMILES string of the molecule is COc1cc(-c2cnco2)c(OC)cc1C. The largest absolute Gasteiger partial charge is 0.496 e. The molecule has 0 aliphatic rings. The van der Waals surface area contributed by atoms with Gasteiger partial charge in [-0.2, -0.15) is 0 Å². The molecule has 1 heterocycles. The van der Waals surface area contributed by atoms with Crippen LogP contribution in [0.5, 0.6) is 11.5 Å². The number of aryl methyl sites for hydroxylation is 1. The lowest BCUT2D eigenvalue weighted by Crippen LogP contribution is -1.92. The van der Waals surface area contributed by atoms with E-state index in [2.05, 4.69) is 4.98 Å². The van der Waals surface area contributed by atoms with Crippen LogP contribution in [0, 0.1) is 6.92 Å². The first-order valence-electron chi connectivity index (χ1n) is 4.87. The first-order valence-corrected chi connectivity index (χ1v) is 4.87. The smallest absolute Gasteiger partial charge is 0.181 e. The summed E-state index contributed by atoms with van der Waals surface area (Å²) in [5.41, 5.74) is 1.85. The van der Waals surface area contributed by atoms with Crippen LogP contribution in [0.3, 0.4) is 0 Å². The van der Waals surface area contributed by atoms with E-state index in [1.165, 1.54) is 6.39 Å². The number of hydrogen-bond acceptors (Lipinski definition) is 4. The molecule has 0 bridgehead atoms. The lowest BCUT2D eigenvalue weighted by molar-refractivity contribution is 0.400. The predicted octanol–water partition coefficient (Wildman–Crippen LogP) is 2.67. The predicted molar refractivity (Wildman–Crippen MR) is 59.8 cm³/mol. The summed E-state index contributed by atoms with van der Waals surface area (Å²) in [6, 6.07) is 3.80. The summed E-state index contributed by atoms with van der Waals surface area (Å²) in [7, 11) is 3.26. The summed E-state index contributed by atoms with van der Waals surface area (Å²) in [4.78, 5) is 3.89. The van der Waals surface area contributed by atoms with Crippen LogP contribution in [0.4, 0.5) is 0 Å². The molecule has 84 valence electrons. The van der Waals surface area contributed by atoms with Crippen molar-refractivity contribution in [3.63, 3.8) is 0 Å². The zero-order valence-corrected chi connectivity index (χ0v) is 9.48. The van der Waals surface area contributed by atoms with Crippen LogP contribution in [0.2, 0.25) is 0 Å². The van der Waals surface area contributed by atoms with Gasteiger partial charge in [-0.3, -0.25) is 0 Å². The molecule has 1 aromatic carbocycles. The fourth-order valence-electron chi connectivity index (χ4n) is 1.59. The monoisotopic (exact) mass is 219 g/mol. The van der Waals surface area contributed by atoms with Gasteiger partial charge < -0.3 is 13.9 Å². The van der Waals surface area contributed by atoms with E-state index < -0.39 is 0 Å². The van der Waals surface area contributed by atoms with Gasteiger partial charge in [0.2, 0.25) is 0 Å². The molecule has 0 spiro atoms. The number of ether oxygens (including phenoxy) is 2. The number of hydrogen-bond donors (Lipinski definition) is 0. The Morgan fingerprint density at radius 2 is 1.88 bits per heavy atom. The number of nitrogens with zero attached hydrogens (tertiary/aromatic N) is 1. The number of aromatic nitrogens is 1. The van der Waals surface area contributed by atoms with Gasteiger partial charge in [0.05, 0.1) is 26.0 Å². The highest BCUT2D eigenvalue weighted by molar-refractivity contribution is 5.68. The maximum atomic E-state index is 5.31. The third-order valence-corrected chi connectivity index (χ3v) is 2.41. The second kappa shape index (κ2) is 4.26. The molecule has 0 fully saturated rings. The molecule has 0 amide bonds. The van der Waals surface area contributed by atoms with Crippen LogP contribution >= 0.6 is 0 Å². The molecule has 0 radical (unpaired) electrons. The molecule has 0 aliphatic heterocycles. The molecule has 0 atom stereocenters. The molecular weight excluding hydrogens is 206 g/mol. The third-order valence-electron chi connectivity index (χ3n) is 2.41. The zero-order valence-electron chi connectivity index (χ0n) is 9.48. The van der Waals surface area contributed by atoms with Crippen molar-refractivity contribution in [3.8, 4) is 22.8 Å². The fourth-order valence-corrected chi connectivity index (χ4v) is 1.59. The second-order valence-corrected chi connectivity index (χ2v) is 3.39. The van der Waals surface area contributed by atoms with Crippen LogP contribution < -0.4 is 9.47 Å². The second-order valence-electron chi connectivity index (χ2n) is 3.39. The van der Waals surface area contributed by atoms with Crippen molar-refractivity contribution in [1.82, 2.24) is 4.98 Å². The molecule has 0 aliphatic carbocycles. The lowest BCUT2D eigenvalue weighted by atomic mass is 10.1. The Labute approximate surface area is 93.8 Å². The summed E-state index contributed by atoms with van der Waals surface area (Å²) in [6.07, 6.45) is 3.04. The van der Waals surface area contributed by atoms with Crippen molar-refractivity contribution in [2.24, 2.45) is 0 Å². The normalized spacial score (nSPS) is 10.2. The maximum absolute atomic E-state index is 5.31. The standard InChI is InChI=1S/C12H13NO3/c1-8-4-11(15-3)9(5-10(8)14-2)12-6-13-7-16-12/h4-7H,1-3H3. The van der Waals surface area contributed by atoms with Gasteiger partial charge in [0.25, 0.3) is 0 Å². The summed E-state index contributed by atoms with van der Waals surface area (Å²) in [5.74, 6) is 2.21. The number of rotatable bonds is 3. The first kappa shape index (κ1) is 10.5. The minimum atomic E-state index is 0.662. The summed E-state index contributed by atoms with van der Waals surface area (Å²) < 4.78 is 15.8. The average Bonchev–Trinajstić information content (AvgIpc) is 2.82. The zero-order chi connectivity index (χ0) is 11.5. The fraction of sp³-hybridized carbons (Fsp3) is 0.250. The van der Waals surface area contributed by atoms with E-state index in [9.17, 15) is 0 Å². The Bertz CT molecular complexity index is 477. The third kappa shape index (κ3) is 1.74. The van der Waals surface area contributed by atoms with Gasteiger partial charge in [-0.05, 0) is 24.6 Å². The highest BCUT2D eigenvalue weighted by Gasteiger charge is 2.12. The van der Waals surface area contributed by atoms with Crippen LogP contribution in [-0.2, 0) is 0 Å². The minimum absolute atomic E-state index is 0.662. The van der Waals surface area contributed by atoms with Crippen LogP contribution in [0.25, 0.3) is 11.3 Å². The van der Waals surface area contributed by atoms with Gasteiger partial charge in [0.15, 0.2) is 12.2 Å². The van der Waals surface area contributed by atoms with E-state index in [1.807, 2.05) is 19.1 Å². The van der Waals surface area contributed by atoms with Crippen LogP contribution in [0.1, 0.15) is 5.56 Å². The Morgan fingerprint density at radius 1 is 1.12 bits per heavy atom. The number of methoxy groups -OCH3 is 2. The van der Waals surface area contributed by atoms with Crippen molar-refractivity contribution >= 4 is 0 Å². The molecule has 4 heteroatoms. The van der Waals surface area contributed by atoms with E-state index in [4.69, 9.17) is 13.9 Å². The molecule has 0 saturated carbocycles. The van der Waals surface area contributed by atoms with E-state index in [0.717, 1.165) is 22.6 Å². The summed E-state index contributed by atoms with van der Waals surface area (Å²) in [6.45, 7) is 1.96. The Balaban J connectivity index is 2.58. The Hall–Kier alpha value is -1.97. The number of oxazole rings is 1. The van der Waals surface area contributed by atoms with E-state index in [1.54, 1.807) is 20.4 Å². The molecule has 4 nitrogen and oxygen atoms in total. The van der Waals surface area contributed by atoms with Crippen LogP contribution in [0.15, 0.2) is 29.1 Å². The van der Waals surface area contributed by atoms with Crippen molar-refractivity contribution < 1.29 is 13.9 Å².